The van der Waals surface area contributed by atoms with E-state index in [1.165, 1.54) is 28.1 Å². The lowest BCUT2D eigenvalue weighted by Crippen LogP contribution is -2.55. The number of carbonyl (C=O) groups is 1. The molecular weight excluding hydrogens is 590 g/mol. The van der Waals surface area contributed by atoms with Gasteiger partial charge in [0, 0.05) is 68.9 Å². The number of nitriles is 2. The van der Waals surface area contributed by atoms with Crippen LogP contribution in [0.2, 0.25) is 0 Å². The van der Waals surface area contributed by atoms with Crippen molar-refractivity contribution in [3.8, 4) is 18.0 Å². The second-order valence-corrected chi connectivity index (χ2v) is 12.8. The van der Waals surface area contributed by atoms with Crippen molar-refractivity contribution in [3.05, 3.63) is 71.4 Å². The molecule has 4 heterocycles. The van der Waals surface area contributed by atoms with Gasteiger partial charge in [0.05, 0.1) is 49.7 Å². The Hall–Kier alpha value is -4.64. The molecule has 10 nitrogen and oxygen atoms in total. The number of ether oxygens (including phenoxy) is 2. The molecule has 0 saturated carbocycles. The Balaban J connectivity index is 1.36. The van der Waals surface area contributed by atoms with Crippen LogP contribution in [0.25, 0.3) is 10.8 Å². The number of aryl methyl sites for hydroxylation is 1. The highest BCUT2D eigenvalue weighted by Gasteiger charge is 2.35. The van der Waals surface area contributed by atoms with Gasteiger partial charge >= 0.3 is 0 Å². The monoisotopic (exact) mass is 633 g/mol. The summed E-state index contributed by atoms with van der Waals surface area (Å²) in [7, 11) is 1.72. The molecular formula is C37H43N7O3. The van der Waals surface area contributed by atoms with Gasteiger partial charge in [-0.15, -0.1) is 0 Å². The van der Waals surface area contributed by atoms with Gasteiger partial charge in [-0.1, -0.05) is 36.9 Å². The number of rotatable bonds is 10. The average molecular weight is 634 g/mol. The number of piperazine rings is 1. The molecule has 0 spiro atoms. The van der Waals surface area contributed by atoms with E-state index in [-0.39, 0.29) is 18.4 Å². The van der Waals surface area contributed by atoms with Crippen LogP contribution in [0.15, 0.2) is 49.1 Å². The first-order valence-electron chi connectivity index (χ1n) is 16.5. The number of carbonyl (C=O) groups excluding carboxylic acids is 1. The normalized spacial score (nSPS) is 19.7. The number of aromatic nitrogens is 1. The Kier molecular flexibility index (Phi) is 9.91. The summed E-state index contributed by atoms with van der Waals surface area (Å²) < 4.78 is 11.7. The zero-order chi connectivity index (χ0) is 32.9. The third kappa shape index (κ3) is 6.62. The van der Waals surface area contributed by atoms with Crippen molar-refractivity contribution in [2.75, 3.05) is 75.9 Å². The van der Waals surface area contributed by atoms with Gasteiger partial charge in [0.1, 0.15) is 11.6 Å². The quantitative estimate of drug-likeness (QED) is 0.300. The molecule has 0 aliphatic carbocycles. The van der Waals surface area contributed by atoms with Crippen LogP contribution in [0.5, 0.6) is 5.88 Å². The fourth-order valence-corrected chi connectivity index (χ4v) is 7.48. The van der Waals surface area contributed by atoms with Gasteiger partial charge in [-0.25, -0.2) is 4.98 Å². The lowest BCUT2D eigenvalue weighted by molar-refractivity contribution is -0.128. The number of hydrogen-bond acceptors (Lipinski definition) is 9. The Bertz CT molecular complexity index is 1720. The average Bonchev–Trinajstić information content (AvgIpc) is 3.56. The van der Waals surface area contributed by atoms with Crippen molar-refractivity contribution in [3.63, 3.8) is 0 Å². The maximum atomic E-state index is 12.7. The van der Waals surface area contributed by atoms with E-state index in [0.29, 0.717) is 63.2 Å². The number of benzene rings is 2. The topological polar surface area (TPSA) is 109 Å². The van der Waals surface area contributed by atoms with Crippen LogP contribution in [0.3, 0.4) is 0 Å². The molecule has 10 heteroatoms. The second kappa shape index (κ2) is 14.4. The first-order chi connectivity index (χ1) is 22.9. The molecule has 244 valence electrons. The number of pyridine rings is 1. The van der Waals surface area contributed by atoms with Crippen molar-refractivity contribution in [1.82, 2.24) is 14.8 Å². The summed E-state index contributed by atoms with van der Waals surface area (Å²) in [6, 6.07) is 17.2. The fraction of sp³-hybridized carbons (Fsp3) is 0.459. The predicted molar refractivity (Wildman–Crippen MR) is 182 cm³/mol. The van der Waals surface area contributed by atoms with Crippen LogP contribution in [0, 0.1) is 35.5 Å². The van der Waals surface area contributed by atoms with E-state index >= 15 is 0 Å². The number of anilines is 2. The largest absolute Gasteiger partial charge is 0.476 e. The van der Waals surface area contributed by atoms with E-state index in [9.17, 15) is 15.3 Å². The third-order valence-corrected chi connectivity index (χ3v) is 9.86. The predicted octanol–water partition coefficient (Wildman–Crippen LogP) is 4.44. The van der Waals surface area contributed by atoms with Gasteiger partial charge in [-0.2, -0.15) is 10.5 Å². The van der Waals surface area contributed by atoms with Crippen LogP contribution < -0.4 is 14.5 Å². The van der Waals surface area contributed by atoms with E-state index in [1.54, 1.807) is 12.0 Å². The Morgan fingerprint density at radius 1 is 1.11 bits per heavy atom. The molecule has 0 N–H and O–H groups in total. The molecule has 6 rings (SSSR count). The van der Waals surface area contributed by atoms with Gasteiger partial charge < -0.3 is 29.1 Å². The van der Waals surface area contributed by atoms with Crippen molar-refractivity contribution in [2.45, 2.75) is 38.8 Å². The number of hydrogen-bond donors (Lipinski definition) is 0. The van der Waals surface area contributed by atoms with Crippen LogP contribution >= 0.6 is 0 Å². The van der Waals surface area contributed by atoms with E-state index < -0.39 is 0 Å². The summed E-state index contributed by atoms with van der Waals surface area (Å²) in [6.45, 7) is 12.6. The minimum atomic E-state index is -0.311. The lowest BCUT2D eigenvalue weighted by Gasteiger charge is -2.43. The Labute approximate surface area is 277 Å². The summed E-state index contributed by atoms with van der Waals surface area (Å²) in [5.41, 5.74) is 5.63. The first kappa shape index (κ1) is 32.3. The number of likely N-dealkylation sites (tertiary alicyclic amines) is 1. The number of amides is 1. The Morgan fingerprint density at radius 3 is 2.70 bits per heavy atom. The highest BCUT2D eigenvalue weighted by atomic mass is 16.5. The van der Waals surface area contributed by atoms with E-state index in [0.717, 1.165) is 49.5 Å². The maximum absolute atomic E-state index is 12.7. The van der Waals surface area contributed by atoms with Crippen molar-refractivity contribution in [2.24, 2.45) is 5.92 Å². The molecule has 3 aromatic rings. The van der Waals surface area contributed by atoms with Crippen molar-refractivity contribution >= 4 is 28.1 Å². The summed E-state index contributed by atoms with van der Waals surface area (Å²) in [4.78, 5) is 26.4. The second-order valence-electron chi connectivity index (χ2n) is 12.8. The van der Waals surface area contributed by atoms with E-state index in [4.69, 9.17) is 14.5 Å². The first-order valence-corrected chi connectivity index (χ1v) is 16.5. The van der Waals surface area contributed by atoms with Crippen LogP contribution in [0.1, 0.15) is 35.2 Å². The minimum Gasteiger partial charge on any atom is -0.476 e. The van der Waals surface area contributed by atoms with Crippen LogP contribution in [-0.4, -0.2) is 92.9 Å². The molecule has 2 saturated heterocycles. The summed E-state index contributed by atoms with van der Waals surface area (Å²) >= 11 is 0. The molecule has 2 atom stereocenters. The summed E-state index contributed by atoms with van der Waals surface area (Å²) in [5.74, 6) is 0.528. The highest BCUT2D eigenvalue weighted by Crippen LogP contribution is 2.40. The van der Waals surface area contributed by atoms with Gasteiger partial charge in [-0.05, 0) is 49.4 Å². The standard InChI is InChI=1S/C37H43N7O3/c1-4-34(45)44-18-17-43(23-29(44)11-14-38)36-30-13-16-42(33-10-6-9-28-8-5-7-26(2)35(28)33)24-32(30)40-37(31(36)21-39)47-25-27-12-15-41(22-27)19-20-46-3/h4-10,27,29H,1,11-13,15-20,22-25H2,2-3H3/t27?,29-/m0/s1. The zero-order valence-electron chi connectivity index (χ0n) is 27.5. The SMILES string of the molecule is C=CC(=O)N1CCN(c2c(C#N)c(OCC3CCN(CCOC)C3)nc3c2CCN(c2cccc4cccc(C)c24)C3)C[C@@H]1CC#N. The van der Waals surface area contributed by atoms with Gasteiger partial charge in [-0.3, -0.25) is 4.79 Å². The molecule has 1 unspecified atom stereocenters. The summed E-state index contributed by atoms with van der Waals surface area (Å²) in [6.07, 6.45) is 3.24. The number of methoxy groups -OCH3 is 1. The molecule has 2 aromatic carbocycles. The molecule has 0 radical (unpaired) electrons. The molecule has 1 aromatic heterocycles. The Morgan fingerprint density at radius 2 is 1.94 bits per heavy atom. The van der Waals surface area contributed by atoms with Crippen LogP contribution in [0.4, 0.5) is 11.4 Å². The minimum absolute atomic E-state index is 0.177. The summed E-state index contributed by atoms with van der Waals surface area (Å²) in [5, 5.41) is 22.7. The third-order valence-electron chi connectivity index (χ3n) is 9.86. The van der Waals surface area contributed by atoms with Crippen LogP contribution in [-0.2, 0) is 22.5 Å². The molecule has 3 aliphatic rings. The fourth-order valence-electron chi connectivity index (χ4n) is 7.48. The maximum Gasteiger partial charge on any atom is 0.246 e. The molecule has 0 bridgehead atoms. The van der Waals surface area contributed by atoms with E-state index in [2.05, 4.69) is 76.7 Å². The van der Waals surface area contributed by atoms with Gasteiger partial charge in [0.2, 0.25) is 11.8 Å². The lowest BCUT2D eigenvalue weighted by atomic mass is 9.95. The number of nitrogens with zero attached hydrogens (tertiary/aromatic N) is 7. The van der Waals surface area contributed by atoms with Crippen molar-refractivity contribution in [1.29, 1.82) is 10.5 Å². The molecule has 47 heavy (non-hydrogen) atoms. The molecule has 2 fully saturated rings. The van der Waals surface area contributed by atoms with Gasteiger partial charge in [0.15, 0.2) is 0 Å². The zero-order valence-corrected chi connectivity index (χ0v) is 27.5. The highest BCUT2D eigenvalue weighted by molar-refractivity contribution is 5.97. The number of fused-ring (bicyclic) bond motifs is 2. The van der Waals surface area contributed by atoms with Crippen molar-refractivity contribution < 1.29 is 14.3 Å². The molecule has 1 amide bonds. The van der Waals surface area contributed by atoms with E-state index in [1.807, 2.05) is 0 Å². The van der Waals surface area contributed by atoms with Gasteiger partial charge in [0.25, 0.3) is 0 Å². The molecule has 3 aliphatic heterocycles. The smallest absolute Gasteiger partial charge is 0.246 e.